The van der Waals surface area contributed by atoms with E-state index in [4.69, 9.17) is 21.6 Å². The molecule has 1 atom stereocenters. The van der Waals surface area contributed by atoms with Crippen molar-refractivity contribution in [1.82, 2.24) is 30.2 Å². The van der Waals surface area contributed by atoms with Gasteiger partial charge in [0.15, 0.2) is 17.3 Å². The Balaban J connectivity index is 1.31. The van der Waals surface area contributed by atoms with E-state index in [0.29, 0.717) is 57.1 Å². The number of nitrogens with zero attached hydrogens (tertiary/aromatic N) is 4. The zero-order chi connectivity index (χ0) is 28.3. The Kier molecular flexibility index (Phi) is 8.11. The Labute approximate surface area is 241 Å². The number of halogens is 3. The molecule has 1 saturated heterocycles. The fraction of sp³-hybridized carbons (Fsp3) is 0.400. The largest absolute Gasteiger partial charge is 0.350 e. The van der Waals surface area contributed by atoms with Gasteiger partial charge in [-0.25, -0.2) is 18.7 Å². The van der Waals surface area contributed by atoms with Crippen molar-refractivity contribution in [2.24, 2.45) is 5.92 Å². The first kappa shape index (κ1) is 27.5. The molecule has 3 N–H and O–H groups in total. The average molecular weight is 580 g/mol. The van der Waals surface area contributed by atoms with E-state index in [1.807, 2.05) is 6.07 Å². The highest BCUT2D eigenvalue weighted by Gasteiger charge is 2.23. The molecule has 3 heterocycles. The first-order valence-corrected chi connectivity index (χ1v) is 14.5. The number of fused-ring (bicyclic) bond motifs is 1. The summed E-state index contributed by atoms with van der Waals surface area (Å²) < 4.78 is 29.1. The molecule has 2 fully saturated rings. The normalized spacial score (nSPS) is 17.7. The van der Waals surface area contributed by atoms with Crippen LogP contribution in [0.3, 0.4) is 0 Å². The zero-order valence-electron chi connectivity index (χ0n) is 22.6. The molecule has 11 heteroatoms. The van der Waals surface area contributed by atoms with Crippen molar-refractivity contribution in [1.29, 1.82) is 0 Å². The number of hydrogen-bond acceptors (Lipinski definition) is 6. The predicted octanol–water partition coefficient (Wildman–Crippen LogP) is 5.71. The van der Waals surface area contributed by atoms with E-state index < -0.39 is 11.6 Å². The molecule has 4 aromatic rings. The summed E-state index contributed by atoms with van der Waals surface area (Å²) in [6, 6.07) is 9.33. The Morgan fingerprint density at radius 2 is 1.90 bits per heavy atom. The number of piperidine rings is 1. The lowest BCUT2D eigenvalue weighted by molar-refractivity contribution is 0.0938. The molecule has 2 aliphatic rings. The molecular weight excluding hydrogens is 548 g/mol. The van der Waals surface area contributed by atoms with Crippen LogP contribution in [0.15, 0.2) is 42.6 Å². The molecule has 0 unspecified atom stereocenters. The second kappa shape index (κ2) is 12.1. The molecule has 6 rings (SSSR count). The summed E-state index contributed by atoms with van der Waals surface area (Å²) in [7, 11) is 0. The van der Waals surface area contributed by atoms with Crippen LogP contribution in [-0.4, -0.2) is 44.6 Å². The number of amides is 1. The Bertz CT molecular complexity index is 1560. The lowest BCUT2D eigenvalue weighted by atomic mass is 9.99. The maximum absolute atomic E-state index is 13.7. The number of rotatable bonds is 8. The maximum Gasteiger partial charge on any atom is 0.251 e. The summed E-state index contributed by atoms with van der Waals surface area (Å²) in [4.78, 5) is 26.9. The van der Waals surface area contributed by atoms with Gasteiger partial charge >= 0.3 is 0 Å². The molecule has 2 aromatic carbocycles. The minimum Gasteiger partial charge on any atom is -0.350 e. The van der Waals surface area contributed by atoms with Crippen LogP contribution in [0.4, 0.5) is 14.7 Å². The minimum atomic E-state index is -0.900. The van der Waals surface area contributed by atoms with Crippen molar-refractivity contribution in [2.45, 2.75) is 57.7 Å². The summed E-state index contributed by atoms with van der Waals surface area (Å²) >= 11 is 6.79. The fourth-order valence-corrected chi connectivity index (χ4v) is 5.99. The van der Waals surface area contributed by atoms with Gasteiger partial charge in [0, 0.05) is 30.3 Å². The van der Waals surface area contributed by atoms with E-state index >= 15 is 0 Å². The van der Waals surface area contributed by atoms with E-state index in [2.05, 4.69) is 25.5 Å². The van der Waals surface area contributed by atoms with Crippen molar-refractivity contribution in [3.8, 4) is 11.4 Å². The first-order chi connectivity index (χ1) is 19.9. The van der Waals surface area contributed by atoms with Crippen molar-refractivity contribution in [3.05, 3.63) is 70.4 Å². The van der Waals surface area contributed by atoms with Gasteiger partial charge in [-0.2, -0.15) is 4.98 Å². The quantitative estimate of drug-likeness (QED) is 0.247. The molecule has 214 valence electrons. The standard InChI is InChI=1S/C30H32ClF2N7O/c31-23-13-20(29(41)37-21-5-1-2-6-21)8-9-22(23)27-38-26-16-36-30(35-15-18-7-10-24(32)25(33)12-18)39-28(26)40(27)17-19-4-3-11-34-14-19/h7-10,12-13,16,19,21,34H,1-6,11,14-15,17H2,(H,37,41)(H,35,36,39)/t19-/m1/s1. The van der Waals surface area contributed by atoms with E-state index in [-0.39, 0.29) is 18.5 Å². The first-order valence-electron chi connectivity index (χ1n) is 14.2. The molecule has 0 bridgehead atoms. The van der Waals surface area contributed by atoms with E-state index in [1.165, 1.54) is 6.07 Å². The Hall–Kier alpha value is -3.63. The summed E-state index contributed by atoms with van der Waals surface area (Å²) in [5.41, 5.74) is 3.06. The number of anilines is 1. The Morgan fingerprint density at radius 1 is 1.05 bits per heavy atom. The van der Waals surface area contributed by atoms with Crippen molar-refractivity contribution in [3.63, 3.8) is 0 Å². The van der Waals surface area contributed by atoms with Gasteiger partial charge in [-0.15, -0.1) is 0 Å². The van der Waals surface area contributed by atoms with E-state index in [9.17, 15) is 13.6 Å². The van der Waals surface area contributed by atoms with Crippen LogP contribution in [-0.2, 0) is 13.1 Å². The van der Waals surface area contributed by atoms with Gasteiger partial charge in [-0.05, 0) is 80.6 Å². The maximum atomic E-state index is 13.7. The summed E-state index contributed by atoms with van der Waals surface area (Å²) in [5, 5.41) is 10.1. The monoisotopic (exact) mass is 579 g/mol. The third kappa shape index (κ3) is 6.18. The zero-order valence-corrected chi connectivity index (χ0v) is 23.4. The number of nitrogens with one attached hydrogen (secondary N) is 3. The number of carbonyl (C=O) groups excluding carboxylic acids is 1. The number of aromatic nitrogens is 4. The van der Waals surface area contributed by atoms with Crippen LogP contribution in [0.1, 0.15) is 54.4 Å². The molecule has 8 nitrogen and oxygen atoms in total. The highest BCUT2D eigenvalue weighted by atomic mass is 35.5. The number of carbonyl (C=O) groups is 1. The predicted molar refractivity (Wildman–Crippen MR) is 155 cm³/mol. The molecule has 1 aliphatic heterocycles. The highest BCUT2D eigenvalue weighted by Crippen LogP contribution is 2.32. The van der Waals surface area contributed by atoms with Gasteiger partial charge in [0.25, 0.3) is 5.91 Å². The number of hydrogen-bond donors (Lipinski definition) is 3. The van der Waals surface area contributed by atoms with Crippen LogP contribution in [0.5, 0.6) is 0 Å². The van der Waals surface area contributed by atoms with Crippen LogP contribution in [0, 0.1) is 17.6 Å². The second-order valence-corrected chi connectivity index (χ2v) is 11.3. The number of benzene rings is 2. The molecule has 41 heavy (non-hydrogen) atoms. The molecule has 1 aliphatic carbocycles. The minimum absolute atomic E-state index is 0.116. The van der Waals surface area contributed by atoms with Crippen LogP contribution in [0.25, 0.3) is 22.6 Å². The van der Waals surface area contributed by atoms with E-state index in [0.717, 1.165) is 63.7 Å². The van der Waals surface area contributed by atoms with Gasteiger partial charge in [-0.3, -0.25) is 4.79 Å². The highest BCUT2D eigenvalue weighted by molar-refractivity contribution is 6.33. The lowest BCUT2D eigenvalue weighted by Gasteiger charge is -2.24. The molecule has 0 spiro atoms. The third-order valence-corrected chi connectivity index (χ3v) is 8.24. The van der Waals surface area contributed by atoms with Crippen molar-refractivity contribution < 1.29 is 13.6 Å². The molecule has 1 amide bonds. The van der Waals surface area contributed by atoms with Crippen molar-refractivity contribution in [2.75, 3.05) is 18.4 Å². The smallest absolute Gasteiger partial charge is 0.251 e. The van der Waals surface area contributed by atoms with Gasteiger partial charge in [-0.1, -0.05) is 30.5 Å². The fourth-order valence-electron chi connectivity index (χ4n) is 5.73. The molecule has 0 radical (unpaired) electrons. The van der Waals surface area contributed by atoms with Gasteiger partial charge < -0.3 is 20.5 Å². The molecular formula is C30H32ClF2N7O. The topological polar surface area (TPSA) is 96.8 Å². The van der Waals surface area contributed by atoms with Gasteiger partial charge in [0.2, 0.25) is 5.95 Å². The van der Waals surface area contributed by atoms with Crippen LogP contribution in [0.2, 0.25) is 5.02 Å². The number of imidazole rings is 1. The lowest BCUT2D eigenvalue weighted by Crippen LogP contribution is -2.32. The van der Waals surface area contributed by atoms with Gasteiger partial charge in [0.05, 0.1) is 11.2 Å². The molecule has 1 saturated carbocycles. The SMILES string of the molecule is O=C(NC1CCCC1)c1ccc(-c2nc3cnc(NCc4ccc(F)c(F)c4)nc3n2C[C@@H]2CCCNC2)c(Cl)c1. The second-order valence-electron chi connectivity index (χ2n) is 10.9. The summed E-state index contributed by atoms with van der Waals surface area (Å²) in [6.07, 6.45) is 8.12. The van der Waals surface area contributed by atoms with Crippen molar-refractivity contribution >= 4 is 34.6 Å². The third-order valence-electron chi connectivity index (χ3n) is 7.92. The van der Waals surface area contributed by atoms with Crippen LogP contribution >= 0.6 is 11.6 Å². The van der Waals surface area contributed by atoms with Crippen LogP contribution < -0.4 is 16.0 Å². The molecule has 2 aromatic heterocycles. The van der Waals surface area contributed by atoms with Gasteiger partial charge in [0.1, 0.15) is 11.3 Å². The average Bonchev–Trinajstić information content (AvgIpc) is 3.62. The Morgan fingerprint density at radius 3 is 2.66 bits per heavy atom. The summed E-state index contributed by atoms with van der Waals surface area (Å²) in [6.45, 7) is 2.80. The van der Waals surface area contributed by atoms with E-state index in [1.54, 1.807) is 18.3 Å². The summed E-state index contributed by atoms with van der Waals surface area (Å²) in [5.74, 6) is -0.518.